The van der Waals surface area contributed by atoms with Crippen molar-refractivity contribution in [3.05, 3.63) is 70.8 Å². The predicted molar refractivity (Wildman–Crippen MR) is 88.8 cm³/mol. The fourth-order valence-corrected chi connectivity index (χ4v) is 2.87. The Morgan fingerprint density at radius 3 is 2.43 bits per heavy atom. The van der Waals surface area contributed by atoms with Crippen molar-refractivity contribution in [2.45, 2.75) is 33.3 Å². The first-order valence-corrected chi connectivity index (χ1v) is 7.70. The van der Waals surface area contributed by atoms with Crippen molar-refractivity contribution >= 4 is 11.8 Å². The lowest BCUT2D eigenvalue weighted by molar-refractivity contribution is 0.186. The van der Waals surface area contributed by atoms with Gasteiger partial charge < -0.3 is 4.74 Å². The van der Waals surface area contributed by atoms with Gasteiger partial charge in [-0.2, -0.15) is 0 Å². The summed E-state index contributed by atoms with van der Waals surface area (Å²) in [5, 5.41) is 0. The van der Waals surface area contributed by atoms with Crippen molar-refractivity contribution in [3.8, 4) is 0 Å². The van der Waals surface area contributed by atoms with Gasteiger partial charge in [0.25, 0.3) is 0 Å². The van der Waals surface area contributed by atoms with Gasteiger partial charge in [0.2, 0.25) is 0 Å². The van der Waals surface area contributed by atoms with Gasteiger partial charge in [0.05, 0.1) is 0 Å². The summed E-state index contributed by atoms with van der Waals surface area (Å²) in [6.45, 7) is 6.61. The summed E-state index contributed by atoms with van der Waals surface area (Å²) in [6.07, 6.45) is 3.38. The van der Waals surface area contributed by atoms with E-state index < -0.39 is 0 Å². The molecule has 1 aliphatic heterocycles. The lowest BCUT2D eigenvalue weighted by Crippen LogP contribution is -2.07. The van der Waals surface area contributed by atoms with E-state index in [0.717, 1.165) is 17.7 Å². The molecular formula is C20H22O. The molecule has 0 radical (unpaired) electrons. The van der Waals surface area contributed by atoms with Crippen LogP contribution < -0.4 is 0 Å². The van der Waals surface area contributed by atoms with Crippen molar-refractivity contribution in [1.82, 2.24) is 0 Å². The maximum absolute atomic E-state index is 6.08. The predicted octanol–water partition coefficient (Wildman–Crippen LogP) is 5.47. The van der Waals surface area contributed by atoms with Crippen LogP contribution in [0.4, 0.5) is 0 Å². The van der Waals surface area contributed by atoms with E-state index in [0.29, 0.717) is 5.92 Å². The van der Waals surface area contributed by atoms with Crippen LogP contribution in [0.2, 0.25) is 0 Å². The summed E-state index contributed by atoms with van der Waals surface area (Å²) in [7, 11) is 0. The lowest BCUT2D eigenvalue weighted by Gasteiger charge is -2.24. The van der Waals surface area contributed by atoms with E-state index in [2.05, 4.69) is 75.4 Å². The van der Waals surface area contributed by atoms with Crippen LogP contribution in [0.1, 0.15) is 49.1 Å². The molecule has 0 saturated carbocycles. The molecule has 0 N–H and O–H groups in total. The second-order valence-corrected chi connectivity index (χ2v) is 6.19. The van der Waals surface area contributed by atoms with Crippen molar-refractivity contribution in [3.63, 3.8) is 0 Å². The lowest BCUT2D eigenvalue weighted by atomic mass is 9.97. The van der Waals surface area contributed by atoms with E-state index in [1.54, 1.807) is 0 Å². The minimum Gasteiger partial charge on any atom is -0.485 e. The molecule has 1 atom stereocenters. The average molecular weight is 278 g/mol. The Balaban J connectivity index is 1.89. The molecule has 0 aliphatic carbocycles. The topological polar surface area (TPSA) is 9.23 Å². The van der Waals surface area contributed by atoms with Crippen LogP contribution in [-0.4, -0.2) is 0 Å². The second kappa shape index (κ2) is 5.77. The van der Waals surface area contributed by atoms with Crippen LogP contribution in [0.15, 0.2) is 48.5 Å². The molecule has 0 aromatic heterocycles. The van der Waals surface area contributed by atoms with Crippen molar-refractivity contribution in [2.75, 3.05) is 0 Å². The molecule has 3 rings (SSSR count). The Bertz CT molecular complexity index is 650. The summed E-state index contributed by atoms with van der Waals surface area (Å²) in [5.41, 5.74) is 5.07. The van der Waals surface area contributed by atoms with Gasteiger partial charge in [-0.1, -0.05) is 62.4 Å². The van der Waals surface area contributed by atoms with Crippen molar-refractivity contribution < 1.29 is 4.74 Å². The van der Waals surface area contributed by atoms with Crippen LogP contribution in [0, 0.1) is 5.92 Å². The number of hydrogen-bond acceptors (Lipinski definition) is 1. The van der Waals surface area contributed by atoms with E-state index in [9.17, 15) is 0 Å². The molecule has 0 bridgehead atoms. The highest BCUT2D eigenvalue weighted by Gasteiger charge is 2.18. The molecule has 1 heterocycles. The van der Waals surface area contributed by atoms with E-state index >= 15 is 0 Å². The molecule has 1 nitrogen and oxygen atoms in total. The Labute approximate surface area is 127 Å². The maximum atomic E-state index is 6.08. The molecular weight excluding hydrogens is 256 g/mol. The fourth-order valence-electron chi connectivity index (χ4n) is 2.87. The zero-order valence-electron chi connectivity index (χ0n) is 13.0. The minimum absolute atomic E-state index is 0.108. The minimum atomic E-state index is 0.108. The first-order chi connectivity index (χ1) is 10.1. The van der Waals surface area contributed by atoms with Crippen LogP contribution in [0.5, 0.6) is 0 Å². The van der Waals surface area contributed by atoms with E-state index in [1.807, 2.05) is 0 Å². The molecule has 2 aromatic carbocycles. The Hall–Kier alpha value is -2.02. The molecule has 0 amide bonds. The molecule has 0 fully saturated rings. The number of benzene rings is 2. The third-order valence-corrected chi connectivity index (χ3v) is 3.91. The van der Waals surface area contributed by atoms with Gasteiger partial charge in [-0.3, -0.25) is 0 Å². The third kappa shape index (κ3) is 3.02. The number of rotatable bonds is 3. The first-order valence-electron chi connectivity index (χ1n) is 7.70. The quantitative estimate of drug-likeness (QED) is 0.723. The SMILES string of the molecule is CC(C)Cc1ccc(C2=Cc3ccccc3[C@@H](C)O2)cc1. The molecule has 1 aliphatic rings. The molecule has 108 valence electrons. The van der Waals surface area contributed by atoms with Crippen LogP contribution in [-0.2, 0) is 11.2 Å². The van der Waals surface area contributed by atoms with Crippen LogP contribution >= 0.6 is 0 Å². The Morgan fingerprint density at radius 1 is 1.00 bits per heavy atom. The van der Waals surface area contributed by atoms with E-state index in [4.69, 9.17) is 4.74 Å². The number of fused-ring (bicyclic) bond motifs is 1. The number of ether oxygens (including phenoxy) is 1. The van der Waals surface area contributed by atoms with Gasteiger partial charge >= 0.3 is 0 Å². The third-order valence-electron chi connectivity index (χ3n) is 3.91. The Kier molecular flexibility index (Phi) is 3.83. The van der Waals surface area contributed by atoms with E-state index in [-0.39, 0.29) is 6.10 Å². The molecule has 0 unspecified atom stereocenters. The van der Waals surface area contributed by atoms with Crippen molar-refractivity contribution in [1.29, 1.82) is 0 Å². The van der Waals surface area contributed by atoms with Crippen LogP contribution in [0.3, 0.4) is 0 Å². The van der Waals surface area contributed by atoms with Gasteiger partial charge in [0.1, 0.15) is 11.9 Å². The normalized spacial score (nSPS) is 17.1. The largest absolute Gasteiger partial charge is 0.485 e. The second-order valence-electron chi connectivity index (χ2n) is 6.19. The zero-order chi connectivity index (χ0) is 14.8. The monoisotopic (exact) mass is 278 g/mol. The molecule has 0 saturated heterocycles. The maximum Gasteiger partial charge on any atom is 0.128 e. The van der Waals surface area contributed by atoms with Gasteiger partial charge in [-0.15, -0.1) is 0 Å². The van der Waals surface area contributed by atoms with E-state index in [1.165, 1.54) is 16.7 Å². The van der Waals surface area contributed by atoms with Gasteiger partial charge in [0.15, 0.2) is 0 Å². The smallest absolute Gasteiger partial charge is 0.128 e. The zero-order valence-corrected chi connectivity index (χ0v) is 13.0. The summed E-state index contributed by atoms with van der Waals surface area (Å²) in [6, 6.07) is 17.2. The summed E-state index contributed by atoms with van der Waals surface area (Å²) in [4.78, 5) is 0. The highest BCUT2D eigenvalue weighted by atomic mass is 16.5. The summed E-state index contributed by atoms with van der Waals surface area (Å²) in [5.74, 6) is 1.66. The van der Waals surface area contributed by atoms with Gasteiger partial charge in [-0.05, 0) is 42.0 Å². The average Bonchev–Trinajstić information content (AvgIpc) is 2.47. The fraction of sp³-hybridized carbons (Fsp3) is 0.300. The van der Waals surface area contributed by atoms with Crippen LogP contribution in [0.25, 0.3) is 11.8 Å². The molecule has 2 aromatic rings. The molecule has 21 heavy (non-hydrogen) atoms. The Morgan fingerprint density at radius 2 is 1.71 bits per heavy atom. The molecule has 1 heteroatoms. The summed E-state index contributed by atoms with van der Waals surface area (Å²) < 4.78 is 6.08. The summed E-state index contributed by atoms with van der Waals surface area (Å²) >= 11 is 0. The van der Waals surface area contributed by atoms with Crippen molar-refractivity contribution in [2.24, 2.45) is 5.92 Å². The standard InChI is InChI=1S/C20H22O/c1-14(2)12-16-8-10-17(11-9-16)20-13-18-6-4-5-7-19(18)15(3)21-20/h4-11,13-15H,12H2,1-3H3/t15-/m1/s1. The highest BCUT2D eigenvalue weighted by molar-refractivity contribution is 5.80. The highest BCUT2D eigenvalue weighted by Crippen LogP contribution is 2.35. The first kappa shape index (κ1) is 13.9. The van der Waals surface area contributed by atoms with Gasteiger partial charge in [-0.25, -0.2) is 0 Å². The number of hydrogen-bond donors (Lipinski definition) is 0. The molecule has 0 spiro atoms. The van der Waals surface area contributed by atoms with Gasteiger partial charge in [0, 0.05) is 5.56 Å².